The van der Waals surface area contributed by atoms with Crippen LogP contribution in [0.5, 0.6) is 5.75 Å². The predicted molar refractivity (Wildman–Crippen MR) is 98.8 cm³/mol. The Balaban J connectivity index is 2.44. The van der Waals surface area contributed by atoms with Crippen molar-refractivity contribution in [1.29, 1.82) is 0 Å². The number of rotatable bonds is 5. The van der Waals surface area contributed by atoms with Crippen molar-refractivity contribution in [3.8, 4) is 5.75 Å². The van der Waals surface area contributed by atoms with E-state index in [1.807, 2.05) is 0 Å². The molecule has 130 valence electrons. The zero-order valence-corrected chi connectivity index (χ0v) is 13.0. The molecule has 0 aromatic heterocycles. The summed E-state index contributed by atoms with van der Waals surface area (Å²) in [7, 11) is 0. The summed E-state index contributed by atoms with van der Waals surface area (Å²) >= 11 is 0. The predicted octanol–water partition coefficient (Wildman–Crippen LogP) is 3.59. The van der Waals surface area contributed by atoms with E-state index in [-0.39, 0.29) is 28.0 Å². The molecule has 0 atom stereocenters. The Morgan fingerprint density at radius 3 is 3.04 bits per heavy atom. The number of ether oxygens (including phenoxy) is 1. The van der Waals surface area contributed by atoms with Crippen LogP contribution in [0.1, 0.15) is 46.4 Å². The monoisotopic (exact) mass is 350 g/mol. The van der Waals surface area contributed by atoms with Crippen molar-refractivity contribution in [3.63, 3.8) is 0 Å². The second kappa shape index (κ2) is 7.53. The van der Waals surface area contributed by atoms with Crippen molar-refractivity contribution in [2.24, 2.45) is 0 Å². The average Bonchev–Trinajstić information content (AvgIpc) is 2.81. The number of hydrogen-bond donors (Lipinski definition) is 1. The molecular weight excluding hydrogens is 314 g/mol. The van der Waals surface area contributed by atoms with Gasteiger partial charge in [-0.3, -0.25) is 4.79 Å². The number of fused-ring (bicyclic) bond motifs is 2. The Hall–Kier alpha value is -2.59. The standard InChI is InChI=1S/C21H23NO3/c1-22(2)11-5-8-18-17-7-4-3-6-16(17)14-25-20-10-9-15(12-19(18)20)13-21(23)24/h3-4,6-10,12H,5,11,13-14H2,1-2H3,(H,23,24)/b18-8-/i1D3,2D3,5D2,8D,11D2,14D2. The molecule has 0 spiro atoms. The molecule has 1 aliphatic rings. The molecule has 4 nitrogen and oxygen atoms in total. The smallest absolute Gasteiger partial charge is 0.307 e. The van der Waals surface area contributed by atoms with Crippen LogP contribution in [0, 0.1) is 0 Å². The van der Waals surface area contributed by atoms with Crippen molar-refractivity contribution >= 4 is 11.5 Å². The highest BCUT2D eigenvalue weighted by atomic mass is 16.5. The van der Waals surface area contributed by atoms with Crippen LogP contribution in [-0.4, -0.2) is 36.4 Å². The van der Waals surface area contributed by atoms with Gasteiger partial charge in [0.05, 0.1) is 10.5 Å². The summed E-state index contributed by atoms with van der Waals surface area (Å²) in [6.45, 7) is -13.6. The second-order valence-electron chi connectivity index (χ2n) is 5.22. The van der Waals surface area contributed by atoms with Gasteiger partial charge in [0.1, 0.15) is 12.3 Å². The molecule has 3 rings (SSSR count). The Morgan fingerprint density at radius 1 is 1.40 bits per heavy atom. The third kappa shape index (κ3) is 4.09. The molecule has 0 saturated heterocycles. The van der Waals surface area contributed by atoms with Gasteiger partial charge in [0, 0.05) is 25.8 Å². The minimum Gasteiger partial charge on any atom is -0.488 e. The number of aliphatic carboxylic acids is 1. The normalized spacial score (nSPS) is 26.8. The van der Waals surface area contributed by atoms with Crippen LogP contribution in [0.2, 0.25) is 0 Å². The van der Waals surface area contributed by atoms with Crippen molar-refractivity contribution in [2.75, 3.05) is 20.4 Å². The van der Waals surface area contributed by atoms with Gasteiger partial charge in [0.25, 0.3) is 0 Å². The first-order valence-electron chi connectivity index (χ1n) is 13.8. The van der Waals surface area contributed by atoms with Crippen molar-refractivity contribution in [3.05, 3.63) is 70.8 Å². The number of carboxylic acid groups (broad SMARTS) is 1. The Bertz CT molecular complexity index is 1270. The third-order valence-electron chi connectivity index (χ3n) is 3.49. The summed E-state index contributed by atoms with van der Waals surface area (Å²) in [4.78, 5) is 10.7. The summed E-state index contributed by atoms with van der Waals surface area (Å²) in [6.07, 6.45) is -4.11. The van der Waals surface area contributed by atoms with Crippen molar-refractivity contribution in [1.82, 2.24) is 4.90 Å². The summed E-state index contributed by atoms with van der Waals surface area (Å²) in [6, 6.07) is 8.09. The largest absolute Gasteiger partial charge is 0.488 e. The fourth-order valence-corrected chi connectivity index (χ4v) is 2.47. The van der Waals surface area contributed by atoms with Crippen molar-refractivity contribution in [2.45, 2.75) is 19.4 Å². The first kappa shape index (κ1) is 7.34. The summed E-state index contributed by atoms with van der Waals surface area (Å²) < 4.78 is 110. The lowest BCUT2D eigenvalue weighted by Gasteiger charge is -2.13. The molecule has 0 bridgehead atoms. The van der Waals surface area contributed by atoms with Gasteiger partial charge in [-0.15, -0.1) is 0 Å². The highest BCUT2D eigenvalue weighted by Crippen LogP contribution is 2.37. The summed E-state index contributed by atoms with van der Waals surface area (Å²) in [5, 5.41) is 9.23. The number of carbonyl (C=O) groups is 1. The van der Waals surface area contributed by atoms with Gasteiger partial charge in [-0.2, -0.15) is 0 Å². The van der Waals surface area contributed by atoms with Gasteiger partial charge in [-0.1, -0.05) is 36.4 Å². The summed E-state index contributed by atoms with van der Waals surface area (Å²) in [5.74, 6) is -1.44. The number of nitrogens with zero attached hydrogens (tertiary/aromatic N) is 1. The highest BCUT2D eigenvalue weighted by molar-refractivity contribution is 5.85. The summed E-state index contributed by atoms with van der Waals surface area (Å²) in [5.41, 5.74) is -0.690. The maximum atomic E-state index is 11.3. The van der Waals surface area contributed by atoms with Gasteiger partial charge in [0.2, 0.25) is 0 Å². The van der Waals surface area contributed by atoms with Crippen LogP contribution < -0.4 is 4.74 Å². The van der Waals surface area contributed by atoms with Crippen molar-refractivity contribution < 1.29 is 32.5 Å². The van der Waals surface area contributed by atoms with Gasteiger partial charge in [-0.25, -0.2) is 0 Å². The Morgan fingerprint density at radius 2 is 2.24 bits per heavy atom. The van der Waals surface area contributed by atoms with Crippen LogP contribution in [0.3, 0.4) is 0 Å². The lowest BCUT2D eigenvalue weighted by Crippen LogP contribution is -2.12. The minimum atomic E-state index is -3.81. The van der Waals surface area contributed by atoms with Crippen LogP contribution in [-0.2, 0) is 17.8 Å². The molecule has 0 saturated carbocycles. The molecule has 0 fully saturated rings. The van der Waals surface area contributed by atoms with E-state index in [0.717, 1.165) is 0 Å². The first-order chi connectivity index (χ1) is 17.1. The van der Waals surface area contributed by atoms with Gasteiger partial charge in [0.15, 0.2) is 0 Å². The number of carboxylic acids is 1. The molecule has 25 heavy (non-hydrogen) atoms. The van der Waals surface area contributed by atoms with Gasteiger partial charge in [-0.05, 0) is 54.7 Å². The molecule has 0 unspecified atom stereocenters. The highest BCUT2D eigenvalue weighted by Gasteiger charge is 2.19. The third-order valence-corrected chi connectivity index (χ3v) is 3.49. The zero-order chi connectivity index (χ0) is 29.1. The second-order valence-corrected chi connectivity index (χ2v) is 5.22. The minimum absolute atomic E-state index is 0.109. The zero-order valence-electron chi connectivity index (χ0n) is 26.0. The molecule has 0 aliphatic carbocycles. The molecule has 2 aromatic carbocycles. The van der Waals surface area contributed by atoms with E-state index in [2.05, 4.69) is 0 Å². The number of hydrogen-bond acceptors (Lipinski definition) is 3. The lowest BCUT2D eigenvalue weighted by atomic mass is 9.92. The maximum absolute atomic E-state index is 11.3. The fourth-order valence-electron chi connectivity index (χ4n) is 2.47. The molecule has 4 heteroatoms. The molecule has 0 amide bonds. The quantitative estimate of drug-likeness (QED) is 0.895. The molecule has 0 radical (unpaired) electrons. The Kier molecular flexibility index (Phi) is 2.21. The Labute approximate surface area is 166 Å². The van der Waals surface area contributed by atoms with Crippen LogP contribution in [0.4, 0.5) is 0 Å². The van der Waals surface area contributed by atoms with E-state index in [1.165, 1.54) is 42.5 Å². The average molecular weight is 350 g/mol. The molecule has 1 aliphatic heterocycles. The lowest BCUT2D eigenvalue weighted by molar-refractivity contribution is -0.136. The van der Waals surface area contributed by atoms with E-state index in [4.69, 9.17) is 22.6 Å². The van der Waals surface area contributed by atoms with E-state index in [9.17, 15) is 9.90 Å². The first-order valence-corrected chi connectivity index (χ1v) is 7.28. The molecule has 1 N–H and O–H groups in total. The van der Waals surface area contributed by atoms with Crippen LogP contribution >= 0.6 is 0 Å². The van der Waals surface area contributed by atoms with Crippen LogP contribution in [0.25, 0.3) is 5.57 Å². The number of benzene rings is 2. The SMILES string of the molecule is [2H]/C(=C1/c2cc(CC(=O)O)ccc2OC([2H])([2H])c2ccccc21)C([2H])([2H])C([2H])([2H])N(C([2H])([2H])[2H])C([2H])([2H])[2H]. The van der Waals surface area contributed by atoms with E-state index in [0.29, 0.717) is 0 Å². The molecule has 1 heterocycles. The van der Waals surface area contributed by atoms with Gasteiger partial charge >= 0.3 is 5.97 Å². The topological polar surface area (TPSA) is 49.8 Å². The van der Waals surface area contributed by atoms with Crippen LogP contribution in [0.15, 0.2) is 48.5 Å². The van der Waals surface area contributed by atoms with Gasteiger partial charge < -0.3 is 14.7 Å². The van der Waals surface area contributed by atoms with E-state index < -0.39 is 62.3 Å². The fraction of sp³-hybridized carbons (Fsp3) is 0.286. The molecule has 2 aromatic rings. The van der Waals surface area contributed by atoms with E-state index >= 15 is 0 Å². The molecular formula is C21H23NO3. The van der Waals surface area contributed by atoms with E-state index in [1.54, 1.807) is 0 Å². The maximum Gasteiger partial charge on any atom is 0.307 e.